The number of nitrogens with one attached hydrogen (secondary N) is 1. The zero-order chi connectivity index (χ0) is 19.1. The Labute approximate surface area is 143 Å². The number of rotatable bonds is 3. The molecule has 0 bridgehead atoms. The van der Waals surface area contributed by atoms with E-state index in [1.165, 1.54) is 0 Å². The van der Waals surface area contributed by atoms with Crippen LogP contribution < -0.4 is 11.1 Å². The highest BCUT2D eigenvalue weighted by molar-refractivity contribution is 6.04. The van der Waals surface area contributed by atoms with E-state index < -0.39 is 29.4 Å². The molecule has 2 amide bonds. The van der Waals surface area contributed by atoms with Gasteiger partial charge in [0, 0.05) is 11.8 Å². The molecule has 134 valence electrons. The molecule has 2 heterocycles. The fraction of sp³-hybridized carbons (Fsp3) is 0.0625. The molecular weight excluding hydrogens is 356 g/mol. The number of pyridine rings is 1. The summed E-state index contributed by atoms with van der Waals surface area (Å²) < 4.78 is 53.1. The van der Waals surface area contributed by atoms with Crippen molar-refractivity contribution in [1.82, 2.24) is 9.38 Å². The number of halogens is 4. The van der Waals surface area contributed by atoms with Gasteiger partial charge < -0.3 is 11.1 Å². The second kappa shape index (κ2) is 6.14. The van der Waals surface area contributed by atoms with E-state index in [9.17, 15) is 27.2 Å². The Hall–Kier alpha value is -3.43. The number of carbonyl (C=O) groups excluding carboxylic acids is 2. The fourth-order valence-electron chi connectivity index (χ4n) is 2.29. The van der Waals surface area contributed by atoms with E-state index in [4.69, 9.17) is 5.73 Å². The first-order valence-electron chi connectivity index (χ1n) is 7.12. The van der Waals surface area contributed by atoms with Gasteiger partial charge in [0.1, 0.15) is 17.2 Å². The minimum Gasteiger partial charge on any atom is -0.366 e. The molecule has 3 N–H and O–H groups in total. The summed E-state index contributed by atoms with van der Waals surface area (Å²) in [4.78, 5) is 27.2. The number of anilines is 1. The number of fused-ring (bicyclic) bond motifs is 1. The van der Waals surface area contributed by atoms with Gasteiger partial charge in [-0.05, 0) is 30.3 Å². The van der Waals surface area contributed by atoms with Crippen LogP contribution in [-0.4, -0.2) is 21.2 Å². The standard InChI is InChI=1S/C16H10F4N4O2/c17-10-2-1-8(14(21)25)5-11(10)23-15(26)12-7-22-13-6-9(16(18,19)20)3-4-24(12)13/h1-7H,(H2,21,25)(H,23,26). The van der Waals surface area contributed by atoms with Crippen LogP contribution in [-0.2, 0) is 6.18 Å². The van der Waals surface area contributed by atoms with Crippen molar-refractivity contribution in [2.24, 2.45) is 5.73 Å². The molecule has 0 radical (unpaired) electrons. The van der Waals surface area contributed by atoms with Gasteiger partial charge in [-0.15, -0.1) is 0 Å². The minimum absolute atomic E-state index is 0.0188. The van der Waals surface area contributed by atoms with Crippen LogP contribution in [0.4, 0.5) is 23.2 Å². The summed E-state index contributed by atoms with van der Waals surface area (Å²) in [6.45, 7) is 0. The van der Waals surface area contributed by atoms with Gasteiger partial charge in [-0.2, -0.15) is 13.2 Å². The van der Waals surface area contributed by atoms with Crippen molar-refractivity contribution in [3.63, 3.8) is 0 Å². The maximum absolute atomic E-state index is 13.8. The molecule has 1 aromatic carbocycles. The number of nitrogens with zero attached hydrogens (tertiary/aromatic N) is 2. The van der Waals surface area contributed by atoms with E-state index >= 15 is 0 Å². The minimum atomic E-state index is -4.55. The first-order valence-corrected chi connectivity index (χ1v) is 7.12. The number of alkyl halides is 3. The molecular formula is C16H10F4N4O2. The molecule has 0 aliphatic rings. The number of carbonyl (C=O) groups is 2. The monoisotopic (exact) mass is 366 g/mol. The maximum atomic E-state index is 13.8. The first-order chi connectivity index (χ1) is 12.2. The third kappa shape index (κ3) is 3.21. The second-order valence-corrected chi connectivity index (χ2v) is 5.30. The number of amides is 2. The zero-order valence-electron chi connectivity index (χ0n) is 12.8. The summed E-state index contributed by atoms with van der Waals surface area (Å²) in [5.74, 6) is -2.44. The quantitative estimate of drug-likeness (QED) is 0.699. The first kappa shape index (κ1) is 17.4. The molecule has 0 aliphatic heterocycles. The van der Waals surface area contributed by atoms with Crippen molar-refractivity contribution in [3.8, 4) is 0 Å². The van der Waals surface area contributed by atoms with E-state index in [-0.39, 0.29) is 22.6 Å². The number of imidazole rings is 1. The molecule has 0 aliphatic carbocycles. The molecule has 10 heteroatoms. The van der Waals surface area contributed by atoms with E-state index in [1.807, 2.05) is 0 Å². The van der Waals surface area contributed by atoms with Crippen LogP contribution in [0.25, 0.3) is 5.65 Å². The van der Waals surface area contributed by atoms with Crippen LogP contribution in [0.2, 0.25) is 0 Å². The Bertz CT molecular complexity index is 1030. The maximum Gasteiger partial charge on any atom is 0.416 e. The van der Waals surface area contributed by atoms with Crippen LogP contribution in [0.1, 0.15) is 26.4 Å². The lowest BCUT2D eigenvalue weighted by Crippen LogP contribution is -2.17. The molecule has 3 aromatic rings. The van der Waals surface area contributed by atoms with Crippen molar-refractivity contribution >= 4 is 23.1 Å². The van der Waals surface area contributed by atoms with Crippen molar-refractivity contribution in [3.05, 3.63) is 65.4 Å². The highest BCUT2D eigenvalue weighted by Crippen LogP contribution is 2.29. The lowest BCUT2D eigenvalue weighted by Gasteiger charge is -2.09. The summed E-state index contributed by atoms with van der Waals surface area (Å²) in [5.41, 5.74) is 3.66. The Morgan fingerprint density at radius 1 is 1.15 bits per heavy atom. The summed E-state index contributed by atoms with van der Waals surface area (Å²) >= 11 is 0. The third-order valence-electron chi connectivity index (χ3n) is 3.57. The van der Waals surface area contributed by atoms with Gasteiger partial charge in [0.25, 0.3) is 5.91 Å². The van der Waals surface area contributed by atoms with E-state index in [0.717, 1.165) is 47.1 Å². The number of primary amides is 1. The third-order valence-corrected chi connectivity index (χ3v) is 3.57. The molecule has 26 heavy (non-hydrogen) atoms. The van der Waals surface area contributed by atoms with Crippen molar-refractivity contribution in [2.45, 2.75) is 6.18 Å². The topological polar surface area (TPSA) is 89.5 Å². The van der Waals surface area contributed by atoms with Crippen LogP contribution in [0.15, 0.2) is 42.7 Å². The molecule has 0 atom stereocenters. The van der Waals surface area contributed by atoms with E-state index in [0.29, 0.717) is 0 Å². The normalized spacial score (nSPS) is 11.5. The largest absolute Gasteiger partial charge is 0.416 e. The molecule has 2 aromatic heterocycles. The van der Waals surface area contributed by atoms with Gasteiger partial charge in [0.05, 0.1) is 17.4 Å². The van der Waals surface area contributed by atoms with E-state index in [1.54, 1.807) is 0 Å². The van der Waals surface area contributed by atoms with Gasteiger partial charge in [0.2, 0.25) is 5.91 Å². The molecule has 0 unspecified atom stereocenters. The smallest absolute Gasteiger partial charge is 0.366 e. The van der Waals surface area contributed by atoms with Crippen LogP contribution in [0.5, 0.6) is 0 Å². The summed E-state index contributed by atoms with van der Waals surface area (Å²) in [7, 11) is 0. The summed E-state index contributed by atoms with van der Waals surface area (Å²) in [5, 5.41) is 2.24. The predicted octanol–water partition coefficient (Wildman–Crippen LogP) is 2.84. The van der Waals surface area contributed by atoms with Crippen molar-refractivity contribution < 1.29 is 27.2 Å². The van der Waals surface area contributed by atoms with Gasteiger partial charge in [-0.25, -0.2) is 9.37 Å². The average Bonchev–Trinajstić information content (AvgIpc) is 2.99. The number of nitrogens with two attached hydrogens (primary N) is 1. The van der Waals surface area contributed by atoms with Crippen molar-refractivity contribution in [2.75, 3.05) is 5.32 Å². The van der Waals surface area contributed by atoms with Crippen molar-refractivity contribution in [1.29, 1.82) is 0 Å². The SMILES string of the molecule is NC(=O)c1ccc(F)c(NC(=O)c2cnc3cc(C(F)(F)F)ccn23)c1. The molecule has 0 saturated heterocycles. The molecule has 6 nitrogen and oxygen atoms in total. The number of benzene rings is 1. The Morgan fingerprint density at radius 3 is 2.54 bits per heavy atom. The second-order valence-electron chi connectivity index (χ2n) is 5.30. The van der Waals surface area contributed by atoms with Crippen LogP contribution in [0, 0.1) is 5.82 Å². The van der Waals surface area contributed by atoms with Gasteiger partial charge in [-0.3, -0.25) is 14.0 Å². The Morgan fingerprint density at radius 2 is 1.88 bits per heavy atom. The number of hydrogen-bond acceptors (Lipinski definition) is 3. The molecule has 0 spiro atoms. The average molecular weight is 366 g/mol. The number of hydrogen-bond donors (Lipinski definition) is 2. The predicted molar refractivity (Wildman–Crippen MR) is 83.1 cm³/mol. The Kier molecular flexibility index (Phi) is 4.10. The van der Waals surface area contributed by atoms with Gasteiger partial charge in [0.15, 0.2) is 0 Å². The Balaban J connectivity index is 1.94. The zero-order valence-corrected chi connectivity index (χ0v) is 12.8. The number of aromatic nitrogens is 2. The lowest BCUT2D eigenvalue weighted by molar-refractivity contribution is -0.137. The van der Waals surface area contributed by atoms with Gasteiger partial charge >= 0.3 is 6.18 Å². The van der Waals surface area contributed by atoms with Crippen LogP contribution >= 0.6 is 0 Å². The highest BCUT2D eigenvalue weighted by atomic mass is 19.4. The molecule has 0 fully saturated rings. The van der Waals surface area contributed by atoms with E-state index in [2.05, 4.69) is 10.3 Å². The summed E-state index contributed by atoms with van der Waals surface area (Å²) in [6.07, 6.45) is -2.45. The van der Waals surface area contributed by atoms with Gasteiger partial charge in [-0.1, -0.05) is 0 Å². The molecule has 3 rings (SSSR count). The van der Waals surface area contributed by atoms with Crippen LogP contribution in [0.3, 0.4) is 0 Å². The molecule has 0 saturated carbocycles. The highest BCUT2D eigenvalue weighted by Gasteiger charge is 2.31. The lowest BCUT2D eigenvalue weighted by atomic mass is 10.2. The fourth-order valence-corrected chi connectivity index (χ4v) is 2.29. The summed E-state index contributed by atoms with van der Waals surface area (Å²) in [6, 6.07) is 4.74.